The predicted octanol–water partition coefficient (Wildman–Crippen LogP) is 3.46. The minimum atomic E-state index is 0. The van der Waals surface area contributed by atoms with Crippen molar-refractivity contribution in [2.75, 3.05) is 20.1 Å². The van der Waals surface area contributed by atoms with Crippen molar-refractivity contribution in [2.24, 2.45) is 23.0 Å². The standard InChI is InChI=1S/C16H32N2O.ClH/c1-5-14(10-13-8-6-7-9-13)15(19)18(4)12-16(2,3)11-17;/h13-14H,5-12,17H2,1-4H3;1H. The van der Waals surface area contributed by atoms with Gasteiger partial charge in [-0.3, -0.25) is 4.79 Å². The second-order valence-electron chi connectivity index (χ2n) is 7.05. The van der Waals surface area contributed by atoms with Crippen LogP contribution in [0.2, 0.25) is 0 Å². The zero-order chi connectivity index (χ0) is 14.5. The number of carbonyl (C=O) groups is 1. The van der Waals surface area contributed by atoms with Gasteiger partial charge in [0.1, 0.15) is 0 Å². The van der Waals surface area contributed by atoms with Crippen LogP contribution in [0.25, 0.3) is 0 Å². The first-order valence-electron chi connectivity index (χ1n) is 7.84. The third-order valence-electron chi connectivity index (χ3n) is 4.53. The Morgan fingerprint density at radius 1 is 1.35 bits per heavy atom. The first-order chi connectivity index (χ1) is 8.89. The van der Waals surface area contributed by atoms with Crippen LogP contribution in [-0.4, -0.2) is 30.9 Å². The fourth-order valence-electron chi connectivity index (χ4n) is 3.19. The van der Waals surface area contributed by atoms with Crippen molar-refractivity contribution in [3.63, 3.8) is 0 Å². The molecule has 3 nitrogen and oxygen atoms in total. The van der Waals surface area contributed by atoms with Gasteiger partial charge in [0.2, 0.25) is 5.91 Å². The molecular formula is C16H33ClN2O. The molecule has 0 aromatic heterocycles. The van der Waals surface area contributed by atoms with Crippen LogP contribution in [0.5, 0.6) is 0 Å². The monoisotopic (exact) mass is 304 g/mol. The van der Waals surface area contributed by atoms with E-state index in [9.17, 15) is 4.79 Å². The molecule has 4 heteroatoms. The maximum absolute atomic E-state index is 12.5. The Morgan fingerprint density at radius 3 is 2.35 bits per heavy atom. The number of rotatable bonds is 7. The predicted molar refractivity (Wildman–Crippen MR) is 88.1 cm³/mol. The number of halogens is 1. The first kappa shape index (κ1) is 19.7. The van der Waals surface area contributed by atoms with E-state index in [0.29, 0.717) is 12.5 Å². The molecule has 1 aliphatic rings. The van der Waals surface area contributed by atoms with Crippen LogP contribution in [-0.2, 0) is 4.79 Å². The Bertz CT molecular complexity index is 288. The highest BCUT2D eigenvalue weighted by atomic mass is 35.5. The molecule has 0 heterocycles. The molecule has 2 N–H and O–H groups in total. The van der Waals surface area contributed by atoms with Crippen LogP contribution >= 0.6 is 12.4 Å². The molecule has 0 bridgehead atoms. The van der Waals surface area contributed by atoms with E-state index in [4.69, 9.17) is 5.73 Å². The van der Waals surface area contributed by atoms with Gasteiger partial charge in [0.25, 0.3) is 0 Å². The Labute approximate surface area is 131 Å². The zero-order valence-corrected chi connectivity index (χ0v) is 14.5. The van der Waals surface area contributed by atoms with Gasteiger partial charge in [-0.25, -0.2) is 0 Å². The Balaban J connectivity index is 0.00000361. The summed E-state index contributed by atoms with van der Waals surface area (Å²) in [5.74, 6) is 1.31. The lowest BCUT2D eigenvalue weighted by atomic mass is 9.89. The lowest BCUT2D eigenvalue weighted by Crippen LogP contribution is -2.42. The molecule has 1 rings (SSSR count). The average molecular weight is 305 g/mol. The van der Waals surface area contributed by atoms with Gasteiger partial charge >= 0.3 is 0 Å². The summed E-state index contributed by atoms with van der Waals surface area (Å²) in [6.07, 6.45) is 7.39. The summed E-state index contributed by atoms with van der Waals surface area (Å²) < 4.78 is 0. The van der Waals surface area contributed by atoms with Crippen molar-refractivity contribution in [1.82, 2.24) is 4.90 Å². The van der Waals surface area contributed by atoms with Gasteiger partial charge in [-0.2, -0.15) is 0 Å². The van der Waals surface area contributed by atoms with E-state index in [1.165, 1.54) is 25.7 Å². The molecule has 0 aromatic carbocycles. The van der Waals surface area contributed by atoms with Gasteiger partial charge in [-0.1, -0.05) is 46.5 Å². The number of amides is 1. The quantitative estimate of drug-likeness (QED) is 0.783. The number of carbonyl (C=O) groups excluding carboxylic acids is 1. The summed E-state index contributed by atoms with van der Waals surface area (Å²) in [5.41, 5.74) is 5.77. The summed E-state index contributed by atoms with van der Waals surface area (Å²) >= 11 is 0. The summed E-state index contributed by atoms with van der Waals surface area (Å²) in [6, 6.07) is 0. The fourth-order valence-corrected chi connectivity index (χ4v) is 3.19. The summed E-state index contributed by atoms with van der Waals surface area (Å²) in [6.45, 7) is 7.75. The molecule has 20 heavy (non-hydrogen) atoms. The maximum Gasteiger partial charge on any atom is 0.225 e. The molecular weight excluding hydrogens is 272 g/mol. The van der Waals surface area contributed by atoms with Gasteiger partial charge in [-0.05, 0) is 30.7 Å². The average Bonchev–Trinajstić information content (AvgIpc) is 2.87. The van der Waals surface area contributed by atoms with Crippen LogP contribution in [0.3, 0.4) is 0 Å². The van der Waals surface area contributed by atoms with Gasteiger partial charge in [0.05, 0.1) is 0 Å². The van der Waals surface area contributed by atoms with Gasteiger partial charge in [0, 0.05) is 19.5 Å². The maximum atomic E-state index is 12.5. The van der Waals surface area contributed by atoms with Crippen molar-refractivity contribution in [1.29, 1.82) is 0 Å². The molecule has 1 atom stereocenters. The third kappa shape index (κ3) is 6.01. The summed E-state index contributed by atoms with van der Waals surface area (Å²) in [7, 11) is 1.93. The Hall–Kier alpha value is -0.280. The summed E-state index contributed by atoms with van der Waals surface area (Å²) in [5, 5.41) is 0. The molecule has 120 valence electrons. The van der Waals surface area contributed by atoms with Crippen molar-refractivity contribution < 1.29 is 4.79 Å². The van der Waals surface area contributed by atoms with Crippen molar-refractivity contribution >= 4 is 18.3 Å². The van der Waals surface area contributed by atoms with E-state index < -0.39 is 0 Å². The van der Waals surface area contributed by atoms with Crippen molar-refractivity contribution in [3.8, 4) is 0 Å². The normalized spacial score (nSPS) is 17.6. The highest BCUT2D eigenvalue weighted by Gasteiger charge is 2.28. The highest BCUT2D eigenvalue weighted by molar-refractivity contribution is 5.85. The highest BCUT2D eigenvalue weighted by Crippen LogP contribution is 2.32. The van der Waals surface area contributed by atoms with Crippen LogP contribution in [0.15, 0.2) is 0 Å². The molecule has 1 amide bonds. The van der Waals surface area contributed by atoms with E-state index >= 15 is 0 Å². The van der Waals surface area contributed by atoms with Crippen molar-refractivity contribution in [2.45, 2.75) is 59.3 Å². The minimum absolute atomic E-state index is 0. The fraction of sp³-hybridized carbons (Fsp3) is 0.938. The van der Waals surface area contributed by atoms with Crippen LogP contribution in [0.1, 0.15) is 59.3 Å². The second kappa shape index (κ2) is 8.89. The molecule has 1 saturated carbocycles. The van der Waals surface area contributed by atoms with Crippen molar-refractivity contribution in [3.05, 3.63) is 0 Å². The van der Waals surface area contributed by atoms with E-state index in [1.54, 1.807) is 0 Å². The van der Waals surface area contributed by atoms with Crippen LogP contribution in [0.4, 0.5) is 0 Å². The molecule has 0 spiro atoms. The third-order valence-corrected chi connectivity index (χ3v) is 4.53. The summed E-state index contributed by atoms with van der Waals surface area (Å²) in [4.78, 5) is 14.4. The van der Waals surface area contributed by atoms with E-state index in [-0.39, 0.29) is 23.7 Å². The largest absolute Gasteiger partial charge is 0.345 e. The van der Waals surface area contributed by atoms with Crippen LogP contribution in [0, 0.1) is 17.3 Å². The van der Waals surface area contributed by atoms with E-state index in [1.807, 2.05) is 11.9 Å². The molecule has 0 aliphatic heterocycles. The minimum Gasteiger partial charge on any atom is -0.345 e. The molecule has 0 saturated heterocycles. The van der Waals surface area contributed by atoms with Gasteiger partial charge in [-0.15, -0.1) is 12.4 Å². The van der Waals surface area contributed by atoms with E-state index in [2.05, 4.69) is 20.8 Å². The molecule has 0 aromatic rings. The number of nitrogens with zero attached hydrogens (tertiary/aromatic N) is 1. The number of hydrogen-bond donors (Lipinski definition) is 1. The lowest BCUT2D eigenvalue weighted by Gasteiger charge is -2.32. The molecule has 1 fully saturated rings. The second-order valence-corrected chi connectivity index (χ2v) is 7.05. The van der Waals surface area contributed by atoms with E-state index in [0.717, 1.165) is 25.3 Å². The Morgan fingerprint density at radius 2 is 1.90 bits per heavy atom. The SMILES string of the molecule is CCC(CC1CCCC1)C(=O)N(C)CC(C)(C)CN.Cl. The molecule has 0 radical (unpaired) electrons. The van der Waals surface area contributed by atoms with Gasteiger partial charge in [0.15, 0.2) is 0 Å². The number of hydrogen-bond acceptors (Lipinski definition) is 2. The molecule has 1 unspecified atom stereocenters. The molecule has 1 aliphatic carbocycles. The zero-order valence-electron chi connectivity index (χ0n) is 13.7. The smallest absolute Gasteiger partial charge is 0.225 e. The van der Waals surface area contributed by atoms with Crippen LogP contribution < -0.4 is 5.73 Å². The van der Waals surface area contributed by atoms with Gasteiger partial charge < -0.3 is 10.6 Å². The number of nitrogens with two attached hydrogens (primary N) is 1. The Kier molecular flexibility index (Phi) is 8.76. The lowest BCUT2D eigenvalue weighted by molar-refractivity contribution is -0.136. The topological polar surface area (TPSA) is 46.3 Å². The first-order valence-corrected chi connectivity index (χ1v) is 7.84.